The molecule has 1 heterocycles. The van der Waals surface area contributed by atoms with E-state index in [4.69, 9.17) is 0 Å². The fourth-order valence-corrected chi connectivity index (χ4v) is 1.68. The Bertz CT molecular complexity index is 494. The first kappa shape index (κ1) is 11.6. The second-order valence-electron chi connectivity index (χ2n) is 4.11. The molecule has 0 aliphatic carbocycles. The van der Waals surface area contributed by atoms with Crippen LogP contribution in [0.3, 0.4) is 0 Å². The molecule has 0 saturated heterocycles. The molecule has 17 heavy (non-hydrogen) atoms. The number of aromatic nitrogens is 1. The van der Waals surface area contributed by atoms with E-state index in [9.17, 15) is 4.39 Å². The number of nitrogens with one attached hydrogen (secondary N) is 1. The number of nitrogens with zero attached hydrogens (tertiary/aromatic N) is 1. The van der Waals surface area contributed by atoms with Crippen molar-refractivity contribution in [3.8, 4) is 0 Å². The Morgan fingerprint density at radius 1 is 1.18 bits per heavy atom. The highest BCUT2D eigenvalue weighted by Gasteiger charge is 2.09. The van der Waals surface area contributed by atoms with Gasteiger partial charge in [0.2, 0.25) is 0 Å². The van der Waals surface area contributed by atoms with Crippen LogP contribution < -0.4 is 5.32 Å². The Labute approximate surface area is 101 Å². The Hall–Kier alpha value is -1.90. The molecule has 0 fully saturated rings. The maximum Gasteiger partial charge on any atom is 0.128 e. The van der Waals surface area contributed by atoms with Gasteiger partial charge in [-0.3, -0.25) is 0 Å². The summed E-state index contributed by atoms with van der Waals surface area (Å²) >= 11 is 0. The van der Waals surface area contributed by atoms with Crippen molar-refractivity contribution >= 4 is 5.82 Å². The van der Waals surface area contributed by atoms with Gasteiger partial charge in [-0.1, -0.05) is 24.3 Å². The van der Waals surface area contributed by atoms with Crippen LogP contribution in [-0.4, -0.2) is 4.98 Å². The lowest BCUT2D eigenvalue weighted by Gasteiger charge is -2.15. The van der Waals surface area contributed by atoms with E-state index in [0.29, 0.717) is 5.56 Å². The first-order valence-electron chi connectivity index (χ1n) is 5.60. The maximum absolute atomic E-state index is 13.5. The maximum atomic E-state index is 13.5. The summed E-state index contributed by atoms with van der Waals surface area (Å²) in [5.74, 6) is 0.561. The lowest BCUT2D eigenvalue weighted by molar-refractivity contribution is 0.600. The number of pyridine rings is 1. The number of rotatable bonds is 3. The first-order valence-corrected chi connectivity index (χ1v) is 5.60. The molecule has 3 heteroatoms. The Morgan fingerprint density at radius 2 is 1.94 bits per heavy atom. The molecule has 1 N–H and O–H groups in total. The molecule has 0 aliphatic rings. The molecule has 2 aromatic rings. The van der Waals surface area contributed by atoms with Crippen molar-refractivity contribution in [2.24, 2.45) is 0 Å². The van der Waals surface area contributed by atoms with Crippen molar-refractivity contribution in [1.82, 2.24) is 4.98 Å². The zero-order valence-corrected chi connectivity index (χ0v) is 9.94. The zero-order chi connectivity index (χ0) is 12.3. The van der Waals surface area contributed by atoms with E-state index in [1.165, 1.54) is 6.07 Å². The molecule has 0 radical (unpaired) electrons. The number of hydrogen-bond donors (Lipinski definition) is 1. The molecule has 0 amide bonds. The van der Waals surface area contributed by atoms with Crippen LogP contribution >= 0.6 is 0 Å². The highest BCUT2D eigenvalue weighted by Crippen LogP contribution is 2.20. The minimum atomic E-state index is -0.195. The second kappa shape index (κ2) is 4.95. The van der Waals surface area contributed by atoms with E-state index < -0.39 is 0 Å². The fraction of sp³-hybridized carbons (Fsp3) is 0.214. The van der Waals surface area contributed by atoms with Crippen LogP contribution in [0.15, 0.2) is 42.6 Å². The third kappa shape index (κ3) is 2.81. The molecule has 1 aromatic carbocycles. The lowest BCUT2D eigenvalue weighted by Crippen LogP contribution is -2.09. The summed E-state index contributed by atoms with van der Waals surface area (Å²) in [7, 11) is 0. The molecule has 1 atom stereocenters. The average molecular weight is 230 g/mol. The van der Waals surface area contributed by atoms with Crippen molar-refractivity contribution in [2.75, 3.05) is 5.32 Å². The fourth-order valence-electron chi connectivity index (χ4n) is 1.68. The van der Waals surface area contributed by atoms with Crippen LogP contribution in [0.2, 0.25) is 0 Å². The van der Waals surface area contributed by atoms with Gasteiger partial charge in [0.05, 0.1) is 6.04 Å². The van der Waals surface area contributed by atoms with Crippen molar-refractivity contribution in [3.05, 3.63) is 59.5 Å². The van der Waals surface area contributed by atoms with Crippen LogP contribution in [0, 0.1) is 12.7 Å². The molecule has 2 nitrogen and oxygen atoms in total. The lowest BCUT2D eigenvalue weighted by atomic mass is 10.1. The standard InChI is InChI=1S/C14H15FN2/c1-10-7-8-14(16-9-10)17-11(2)12-5-3-4-6-13(12)15/h3-9,11H,1-2H3,(H,16,17). The van der Waals surface area contributed by atoms with Crippen LogP contribution in [0.5, 0.6) is 0 Å². The van der Waals surface area contributed by atoms with Crippen LogP contribution in [0.4, 0.5) is 10.2 Å². The van der Waals surface area contributed by atoms with Gasteiger partial charge in [0, 0.05) is 11.8 Å². The SMILES string of the molecule is Cc1ccc(NC(C)c2ccccc2F)nc1. The highest BCUT2D eigenvalue weighted by atomic mass is 19.1. The van der Waals surface area contributed by atoms with Crippen molar-refractivity contribution in [3.63, 3.8) is 0 Å². The normalized spacial score (nSPS) is 12.2. The third-order valence-corrected chi connectivity index (χ3v) is 2.65. The number of halogens is 1. The molecular weight excluding hydrogens is 215 g/mol. The Kier molecular flexibility index (Phi) is 3.38. The summed E-state index contributed by atoms with van der Waals surface area (Å²) in [5.41, 5.74) is 1.75. The van der Waals surface area contributed by atoms with Gasteiger partial charge in [-0.15, -0.1) is 0 Å². The van der Waals surface area contributed by atoms with Gasteiger partial charge in [-0.05, 0) is 31.5 Å². The summed E-state index contributed by atoms with van der Waals surface area (Å²) in [6.45, 7) is 3.90. The molecule has 88 valence electrons. The van der Waals surface area contributed by atoms with Crippen LogP contribution in [0.25, 0.3) is 0 Å². The summed E-state index contributed by atoms with van der Waals surface area (Å²) in [5, 5.41) is 3.18. The number of hydrogen-bond acceptors (Lipinski definition) is 2. The van der Waals surface area contributed by atoms with E-state index in [-0.39, 0.29) is 11.9 Å². The second-order valence-corrected chi connectivity index (χ2v) is 4.11. The largest absolute Gasteiger partial charge is 0.363 e. The minimum Gasteiger partial charge on any atom is -0.363 e. The molecule has 0 spiro atoms. The molecular formula is C14H15FN2. The molecule has 2 rings (SSSR count). The van der Waals surface area contributed by atoms with Gasteiger partial charge in [-0.25, -0.2) is 9.37 Å². The van der Waals surface area contributed by atoms with Gasteiger partial charge in [0.25, 0.3) is 0 Å². The summed E-state index contributed by atoms with van der Waals surface area (Å²) in [6, 6.07) is 10.5. The first-order chi connectivity index (χ1) is 8.16. The smallest absolute Gasteiger partial charge is 0.128 e. The number of benzene rings is 1. The summed E-state index contributed by atoms with van der Waals surface area (Å²) in [4.78, 5) is 4.24. The quantitative estimate of drug-likeness (QED) is 0.869. The molecule has 1 aromatic heterocycles. The molecule has 0 bridgehead atoms. The average Bonchev–Trinajstić information content (AvgIpc) is 2.32. The molecule has 0 aliphatic heterocycles. The predicted octanol–water partition coefficient (Wildman–Crippen LogP) is 3.70. The Morgan fingerprint density at radius 3 is 2.59 bits per heavy atom. The summed E-state index contributed by atoms with van der Waals surface area (Å²) in [6.07, 6.45) is 1.79. The predicted molar refractivity (Wildman–Crippen MR) is 67.4 cm³/mol. The minimum absolute atomic E-state index is 0.105. The zero-order valence-electron chi connectivity index (χ0n) is 9.94. The third-order valence-electron chi connectivity index (χ3n) is 2.65. The number of anilines is 1. The number of aryl methyl sites for hydroxylation is 1. The monoisotopic (exact) mass is 230 g/mol. The van der Waals surface area contributed by atoms with Crippen molar-refractivity contribution < 1.29 is 4.39 Å². The Balaban J connectivity index is 2.14. The van der Waals surface area contributed by atoms with E-state index >= 15 is 0 Å². The van der Waals surface area contributed by atoms with Gasteiger partial charge >= 0.3 is 0 Å². The molecule has 1 unspecified atom stereocenters. The van der Waals surface area contributed by atoms with E-state index in [0.717, 1.165) is 11.4 Å². The summed E-state index contributed by atoms with van der Waals surface area (Å²) < 4.78 is 13.5. The topological polar surface area (TPSA) is 24.9 Å². The van der Waals surface area contributed by atoms with E-state index in [1.54, 1.807) is 18.3 Å². The molecule has 0 saturated carbocycles. The van der Waals surface area contributed by atoms with Gasteiger partial charge < -0.3 is 5.32 Å². The van der Waals surface area contributed by atoms with Crippen LogP contribution in [0.1, 0.15) is 24.1 Å². The van der Waals surface area contributed by atoms with Gasteiger partial charge in [-0.2, -0.15) is 0 Å². The van der Waals surface area contributed by atoms with E-state index in [2.05, 4.69) is 10.3 Å². The van der Waals surface area contributed by atoms with E-state index in [1.807, 2.05) is 32.0 Å². The van der Waals surface area contributed by atoms with Crippen LogP contribution in [-0.2, 0) is 0 Å². The highest BCUT2D eigenvalue weighted by molar-refractivity contribution is 5.39. The van der Waals surface area contributed by atoms with Crippen molar-refractivity contribution in [2.45, 2.75) is 19.9 Å². The van der Waals surface area contributed by atoms with Crippen molar-refractivity contribution in [1.29, 1.82) is 0 Å². The van der Waals surface area contributed by atoms with Gasteiger partial charge in [0.1, 0.15) is 11.6 Å². The van der Waals surface area contributed by atoms with Gasteiger partial charge in [0.15, 0.2) is 0 Å².